The molecule has 0 bridgehead atoms. The molecule has 0 spiro atoms. The molecule has 15 rings (SSSR count). The number of anilines is 9. The third-order valence-electron chi connectivity index (χ3n) is 15.2. The molecule has 0 unspecified atom stereocenters. The molecule has 0 fully saturated rings. The third kappa shape index (κ3) is 5.78. The van der Waals surface area contributed by atoms with Crippen molar-refractivity contribution < 1.29 is 0 Å². The number of fused-ring (bicyclic) bond motifs is 9. The van der Waals surface area contributed by atoms with E-state index < -0.39 is 10.0 Å². The summed E-state index contributed by atoms with van der Waals surface area (Å²) in [6.07, 6.45) is 0. The van der Waals surface area contributed by atoms with Crippen molar-refractivity contribution >= 4 is 106 Å². The predicted octanol–water partition coefficient (Wildman–Crippen LogP) is 16.0. The topological polar surface area (TPSA) is 14.7 Å². The average molecular weight is 937 g/mol. The molecule has 0 radical (unpaired) electrons. The fourth-order valence-corrected chi connectivity index (χ4v) is 16.5. The Morgan fingerprint density at radius 1 is 0.278 bits per heavy atom. The Morgan fingerprint density at radius 2 is 0.722 bits per heavy atom. The third-order valence-corrected chi connectivity index (χ3v) is 19.1. The molecule has 0 amide bonds. The van der Waals surface area contributed by atoms with E-state index in [9.17, 15) is 0 Å². The van der Waals surface area contributed by atoms with E-state index in [4.69, 9.17) is 0 Å². The molecule has 0 atom stereocenters. The molecule has 0 saturated carbocycles. The molecule has 0 N–H and O–H groups in total. The number of para-hydroxylation sites is 6. The fourth-order valence-electron chi connectivity index (χ4n) is 12.3. The molecule has 338 valence electrons. The molecule has 6 heteroatoms. The van der Waals surface area contributed by atoms with E-state index >= 15 is 0 Å². The molecular weight excluding hydrogens is 892 g/mol. The molecule has 3 aliphatic heterocycles. The Labute approximate surface area is 421 Å². The van der Waals surface area contributed by atoms with E-state index in [0.29, 0.717) is 0 Å². The zero-order valence-electron chi connectivity index (χ0n) is 39.3. The van der Waals surface area contributed by atoms with E-state index in [-0.39, 0.29) is 6.71 Å². The van der Waals surface area contributed by atoms with Gasteiger partial charge < -0.3 is 19.3 Å². The van der Waals surface area contributed by atoms with Crippen LogP contribution >= 0.6 is 10.0 Å². The number of hydrogen-bond acceptors (Lipinski definition) is 3. The average Bonchev–Trinajstić information content (AvgIpc) is 3.79. The van der Waals surface area contributed by atoms with Gasteiger partial charge in [0.15, 0.2) is 0 Å². The normalized spacial score (nSPS) is 14.3. The molecule has 11 aromatic carbocycles. The van der Waals surface area contributed by atoms with Crippen molar-refractivity contribution in [3.8, 4) is 5.69 Å². The summed E-state index contributed by atoms with van der Waals surface area (Å²) in [5.41, 5.74) is 17.9. The van der Waals surface area contributed by atoms with Crippen LogP contribution in [0.25, 0.3) is 27.5 Å². The monoisotopic (exact) mass is 936 g/mol. The first-order chi connectivity index (χ1) is 35.8. The first-order valence-electron chi connectivity index (χ1n) is 24.8. The van der Waals surface area contributed by atoms with Crippen LogP contribution < -0.4 is 31.1 Å². The molecule has 4 nitrogen and oxygen atoms in total. The number of benzene rings is 11. The van der Waals surface area contributed by atoms with E-state index in [1.54, 1.807) is 0 Å². The van der Waals surface area contributed by atoms with Crippen LogP contribution in [-0.2, 0) is 0 Å². The lowest BCUT2D eigenvalue weighted by atomic mass is 9.33. The largest absolute Gasteiger partial charge is 0.311 e. The quantitative estimate of drug-likeness (QED) is 0.154. The van der Waals surface area contributed by atoms with Crippen LogP contribution in [-0.4, -0.2) is 11.3 Å². The smallest absolute Gasteiger partial charge is 0.252 e. The van der Waals surface area contributed by atoms with Gasteiger partial charge in [0.05, 0.1) is 22.4 Å². The highest BCUT2D eigenvalue weighted by atomic mass is 32.3. The maximum absolute atomic E-state index is 2.54. The minimum atomic E-state index is -1.91. The zero-order valence-corrected chi connectivity index (χ0v) is 40.1. The summed E-state index contributed by atoms with van der Waals surface area (Å²) in [6.45, 7) is -0.0816. The van der Waals surface area contributed by atoms with Gasteiger partial charge in [-0.1, -0.05) is 146 Å². The van der Waals surface area contributed by atoms with Gasteiger partial charge in [0, 0.05) is 75.9 Å². The van der Waals surface area contributed by atoms with Crippen molar-refractivity contribution in [2.75, 3.05) is 14.7 Å². The Bertz CT molecular complexity index is 3940. The van der Waals surface area contributed by atoms with Crippen molar-refractivity contribution in [1.29, 1.82) is 0 Å². The molecule has 1 aromatic heterocycles. The molecule has 3 aliphatic rings. The van der Waals surface area contributed by atoms with Gasteiger partial charge in [-0.3, -0.25) is 0 Å². The van der Waals surface area contributed by atoms with Crippen LogP contribution in [0, 0.1) is 0 Å². The van der Waals surface area contributed by atoms with E-state index in [2.05, 4.69) is 292 Å². The molecule has 0 aliphatic carbocycles. The van der Waals surface area contributed by atoms with Crippen LogP contribution in [0.15, 0.2) is 293 Å². The standard InChI is InChI=1S/C66H45BN4S/c1-5-22-46(23-6-1)68-58-43-41-48(71-59-34-17-19-38-64(59)72(50-26-9-3-10-27-50,51-28-11-4-12-29-51)65-39-20-18-35-60(65)71)44-55(58)67-54-42-40-49(70-56-32-15-13-30-52(56)53-31-14-16-33-57(53)70)45-63(54)69(47-24-7-2-8-25-47)62-37-21-36-61(68)66(62)67/h1-45H. The van der Waals surface area contributed by atoms with Gasteiger partial charge in [-0.05, 0) is 144 Å². The van der Waals surface area contributed by atoms with E-state index in [1.807, 2.05) is 0 Å². The summed E-state index contributed by atoms with van der Waals surface area (Å²) >= 11 is 0. The minimum absolute atomic E-state index is 0.0816. The first kappa shape index (κ1) is 40.9. The van der Waals surface area contributed by atoms with Crippen LogP contribution in [0.1, 0.15) is 0 Å². The highest BCUT2D eigenvalue weighted by Crippen LogP contribution is 2.79. The van der Waals surface area contributed by atoms with Gasteiger partial charge >= 0.3 is 0 Å². The van der Waals surface area contributed by atoms with Gasteiger partial charge in [-0.25, -0.2) is 0 Å². The van der Waals surface area contributed by atoms with Crippen molar-refractivity contribution in [3.05, 3.63) is 273 Å². The molecule has 12 aromatic rings. The summed E-state index contributed by atoms with van der Waals surface area (Å²) in [7, 11) is -1.91. The number of hydrogen-bond donors (Lipinski definition) is 0. The molecule has 4 heterocycles. The molecule has 72 heavy (non-hydrogen) atoms. The highest BCUT2D eigenvalue weighted by Gasteiger charge is 2.46. The van der Waals surface area contributed by atoms with Gasteiger partial charge in [-0.15, -0.1) is 10.0 Å². The lowest BCUT2D eigenvalue weighted by molar-refractivity contribution is 1.12. The number of aromatic nitrogens is 1. The van der Waals surface area contributed by atoms with E-state index in [1.165, 1.54) is 91.9 Å². The van der Waals surface area contributed by atoms with Crippen LogP contribution in [0.3, 0.4) is 0 Å². The number of rotatable bonds is 6. The van der Waals surface area contributed by atoms with Gasteiger partial charge in [0.1, 0.15) is 0 Å². The summed E-state index contributed by atoms with van der Waals surface area (Å²) in [6, 6.07) is 102. The summed E-state index contributed by atoms with van der Waals surface area (Å²) in [4.78, 5) is 12.9. The highest BCUT2D eigenvalue weighted by molar-refractivity contribution is 8.34. The van der Waals surface area contributed by atoms with Crippen LogP contribution in [0.5, 0.6) is 0 Å². The van der Waals surface area contributed by atoms with Gasteiger partial charge in [0.25, 0.3) is 6.71 Å². The predicted molar refractivity (Wildman–Crippen MR) is 303 cm³/mol. The van der Waals surface area contributed by atoms with E-state index in [0.717, 1.165) is 22.7 Å². The second kappa shape index (κ2) is 16.0. The zero-order chi connectivity index (χ0) is 47.3. The van der Waals surface area contributed by atoms with Crippen molar-refractivity contribution in [1.82, 2.24) is 4.57 Å². The Morgan fingerprint density at radius 3 is 1.29 bits per heavy atom. The lowest BCUT2D eigenvalue weighted by Gasteiger charge is -2.50. The SMILES string of the molecule is c1ccc(N2c3ccc(N4c5ccccc5S(c5ccccc5)(c5ccccc5)c5ccccc54)cc3B3c4ccc(-n5c6ccccc6c6ccccc65)cc4N(c4ccccc4)c4cccc2c43)cc1. The summed E-state index contributed by atoms with van der Waals surface area (Å²) < 4.78 is 2.45. The van der Waals surface area contributed by atoms with Crippen molar-refractivity contribution in [3.63, 3.8) is 0 Å². The second-order valence-corrected chi connectivity index (χ2v) is 21.9. The van der Waals surface area contributed by atoms with Gasteiger partial charge in [-0.2, -0.15) is 0 Å². The first-order valence-corrected chi connectivity index (χ1v) is 26.4. The maximum atomic E-state index is 2.54. The van der Waals surface area contributed by atoms with Crippen molar-refractivity contribution in [2.24, 2.45) is 0 Å². The summed E-state index contributed by atoms with van der Waals surface area (Å²) in [5, 5.41) is 2.51. The Kier molecular flexibility index (Phi) is 9.11. The number of nitrogens with zero attached hydrogens (tertiary/aromatic N) is 4. The second-order valence-electron chi connectivity index (χ2n) is 18.9. The lowest BCUT2D eigenvalue weighted by Crippen LogP contribution is -2.61. The van der Waals surface area contributed by atoms with Crippen LogP contribution in [0.2, 0.25) is 0 Å². The van der Waals surface area contributed by atoms with Crippen molar-refractivity contribution in [2.45, 2.75) is 19.6 Å². The fraction of sp³-hybridized carbons (Fsp3) is 0. The molecular formula is C66H45BN4S. The molecule has 0 saturated heterocycles. The summed E-state index contributed by atoms with van der Waals surface area (Å²) in [5.74, 6) is 0. The van der Waals surface area contributed by atoms with Crippen LogP contribution in [0.4, 0.5) is 51.2 Å². The Hall–Kier alpha value is -8.97. The van der Waals surface area contributed by atoms with Gasteiger partial charge in [0.2, 0.25) is 0 Å². The minimum Gasteiger partial charge on any atom is -0.311 e. The maximum Gasteiger partial charge on any atom is 0.252 e. The Balaban J connectivity index is 0.998.